The summed E-state index contributed by atoms with van der Waals surface area (Å²) < 4.78 is 26.4. The van der Waals surface area contributed by atoms with Crippen LogP contribution in [0.15, 0.2) is 54.2 Å². The highest BCUT2D eigenvalue weighted by Crippen LogP contribution is 2.38. The number of amides is 2. The number of carbonyl (C=O) groups is 1. The predicted molar refractivity (Wildman–Crippen MR) is 146 cm³/mol. The second-order valence-corrected chi connectivity index (χ2v) is 9.79. The molecular formula is C27H25FN6O4S. The van der Waals surface area contributed by atoms with Crippen molar-refractivity contribution in [2.24, 2.45) is 0 Å². The van der Waals surface area contributed by atoms with Crippen molar-refractivity contribution < 1.29 is 23.8 Å². The van der Waals surface area contributed by atoms with Crippen LogP contribution in [0.1, 0.15) is 12.8 Å². The number of ether oxygens (including phenoxy) is 2. The van der Waals surface area contributed by atoms with Crippen molar-refractivity contribution in [3.63, 3.8) is 0 Å². The van der Waals surface area contributed by atoms with Crippen LogP contribution in [0, 0.1) is 12.4 Å². The number of aliphatic hydroxyl groups is 1. The molecule has 1 atom stereocenters. The monoisotopic (exact) mass is 548 g/mol. The summed E-state index contributed by atoms with van der Waals surface area (Å²) in [5.74, 6) is 0.193. The van der Waals surface area contributed by atoms with E-state index in [4.69, 9.17) is 16.0 Å². The van der Waals surface area contributed by atoms with Gasteiger partial charge in [-0.1, -0.05) is 0 Å². The van der Waals surface area contributed by atoms with Gasteiger partial charge in [0, 0.05) is 35.8 Å². The molecule has 0 spiro atoms. The summed E-state index contributed by atoms with van der Waals surface area (Å²) in [6.07, 6.45) is 4.68. The molecule has 1 fully saturated rings. The Kier molecular flexibility index (Phi) is 8.12. The summed E-state index contributed by atoms with van der Waals surface area (Å²) >= 11 is 1.24. The molecule has 0 unspecified atom stereocenters. The largest absolute Gasteiger partial charge is 0.502 e. The zero-order valence-corrected chi connectivity index (χ0v) is 21.6. The van der Waals surface area contributed by atoms with E-state index >= 15 is 0 Å². The lowest BCUT2D eigenvalue weighted by Crippen LogP contribution is -2.33. The van der Waals surface area contributed by atoms with Crippen LogP contribution in [0.3, 0.4) is 0 Å². The minimum Gasteiger partial charge on any atom is -0.502 e. The number of urea groups is 1. The van der Waals surface area contributed by atoms with Crippen LogP contribution in [0.4, 0.5) is 25.7 Å². The second-order valence-electron chi connectivity index (χ2n) is 8.89. The van der Waals surface area contributed by atoms with Gasteiger partial charge in [-0.3, -0.25) is 10.3 Å². The normalized spacial score (nSPS) is 14.1. The summed E-state index contributed by atoms with van der Waals surface area (Å²) in [4.78, 5) is 26.2. The lowest BCUT2D eigenvalue weighted by atomic mass is 10.1. The van der Waals surface area contributed by atoms with Crippen LogP contribution >= 0.6 is 11.3 Å². The number of nitrogens with zero attached hydrogens (tertiary/aromatic N) is 4. The number of hydrogen-bond acceptors (Lipinski definition) is 8. The Hall–Kier alpha value is -4.31. The number of likely N-dealkylation sites (tertiary alicyclic amines) is 1. The first-order valence-corrected chi connectivity index (χ1v) is 13.1. The quantitative estimate of drug-likeness (QED) is 0.232. The van der Waals surface area contributed by atoms with Crippen LogP contribution in [0.25, 0.3) is 15.7 Å². The lowest BCUT2D eigenvalue weighted by Gasteiger charge is -2.20. The summed E-state index contributed by atoms with van der Waals surface area (Å²) in [5, 5.41) is 18.0. The van der Waals surface area contributed by atoms with Gasteiger partial charge in [-0.25, -0.2) is 19.0 Å². The third kappa shape index (κ3) is 6.58. The van der Waals surface area contributed by atoms with E-state index in [1.54, 1.807) is 29.8 Å². The average molecular weight is 549 g/mol. The number of nitrogens with one attached hydrogen (secondary N) is 2. The van der Waals surface area contributed by atoms with E-state index in [1.165, 1.54) is 29.7 Å². The molecule has 3 heterocycles. The van der Waals surface area contributed by atoms with Gasteiger partial charge in [0.25, 0.3) is 0 Å². The van der Waals surface area contributed by atoms with Gasteiger partial charge in [-0.15, -0.1) is 11.3 Å². The minimum absolute atomic E-state index is 0.0278. The first-order valence-electron chi connectivity index (χ1n) is 12.3. The van der Waals surface area contributed by atoms with Crippen molar-refractivity contribution >= 4 is 44.8 Å². The molecule has 1 aliphatic rings. The fraction of sp³-hybridized carbons (Fsp3) is 0.259. The predicted octanol–water partition coefficient (Wildman–Crippen LogP) is 5.65. The molecule has 2 amide bonds. The molecule has 0 aliphatic carbocycles. The molecule has 0 bridgehead atoms. The van der Waals surface area contributed by atoms with Crippen molar-refractivity contribution in [1.82, 2.24) is 14.9 Å². The number of aliphatic hydroxyl groups excluding tert-OH is 1. The molecule has 0 radical (unpaired) electrons. The number of fused-ring (bicyclic) bond motifs is 1. The summed E-state index contributed by atoms with van der Waals surface area (Å²) in [7, 11) is 0. The van der Waals surface area contributed by atoms with Crippen molar-refractivity contribution in [3.05, 3.63) is 71.4 Å². The molecule has 1 aliphatic heterocycles. The third-order valence-corrected chi connectivity index (χ3v) is 6.76. The van der Waals surface area contributed by atoms with Crippen molar-refractivity contribution in [1.29, 1.82) is 0 Å². The van der Waals surface area contributed by atoms with Gasteiger partial charge in [-0.2, -0.15) is 0 Å². The Bertz CT molecular complexity index is 1500. The smallest absolute Gasteiger partial charge is 0.325 e. The molecule has 2 aromatic heterocycles. The number of halogens is 1. The molecule has 2 aromatic carbocycles. The van der Waals surface area contributed by atoms with E-state index < -0.39 is 18.0 Å². The van der Waals surface area contributed by atoms with Gasteiger partial charge >= 0.3 is 6.03 Å². The number of β-amino-alcohol motifs (C(OH)–C–C–N with tert-alkyl or cyclic N) is 1. The Balaban J connectivity index is 1.28. The maximum atomic E-state index is 14.7. The molecule has 4 aromatic rings. The lowest BCUT2D eigenvalue weighted by molar-refractivity contribution is 0.0762. The number of benzene rings is 2. The second kappa shape index (κ2) is 12.0. The highest BCUT2D eigenvalue weighted by molar-refractivity contribution is 7.13. The molecule has 39 heavy (non-hydrogen) atoms. The summed E-state index contributed by atoms with van der Waals surface area (Å²) in [6.45, 7) is 10.1. The van der Waals surface area contributed by atoms with Crippen molar-refractivity contribution in [2.75, 3.05) is 36.9 Å². The fourth-order valence-corrected chi connectivity index (χ4v) is 4.78. The minimum atomic E-state index is -0.690. The zero-order chi connectivity index (χ0) is 27.2. The van der Waals surface area contributed by atoms with Crippen LogP contribution in [0.5, 0.6) is 17.2 Å². The first-order chi connectivity index (χ1) is 19.0. The maximum absolute atomic E-state index is 14.7. The molecule has 10 nitrogen and oxygen atoms in total. The number of carbonyl (C=O) groups excluding carboxylic acids is 1. The highest BCUT2D eigenvalue weighted by atomic mass is 32.1. The SMILES string of the molecule is [C-]#[N+]c1cc2c(Oc3ccc(NC(=O)Nc4nccs4)c(F)c3)ccnc2cc1OC[C@H](O)CN1CCCC1. The molecule has 3 N–H and O–H groups in total. The number of pyridine rings is 1. The van der Waals surface area contributed by atoms with E-state index in [1.807, 2.05) is 0 Å². The summed E-state index contributed by atoms with van der Waals surface area (Å²) in [5.41, 5.74) is 0.729. The molecule has 1 saturated heterocycles. The van der Waals surface area contributed by atoms with Crippen molar-refractivity contribution in [3.8, 4) is 17.2 Å². The number of thiazole rings is 1. The Morgan fingerprint density at radius 2 is 2.00 bits per heavy atom. The molecule has 5 rings (SSSR count). The topological polar surface area (TPSA) is 113 Å². The number of anilines is 2. The number of aromatic nitrogens is 2. The third-order valence-electron chi connectivity index (χ3n) is 6.07. The van der Waals surface area contributed by atoms with E-state index in [0.717, 1.165) is 32.0 Å². The van der Waals surface area contributed by atoms with E-state index in [9.17, 15) is 14.3 Å². The highest BCUT2D eigenvalue weighted by Gasteiger charge is 2.18. The van der Waals surface area contributed by atoms with Crippen LogP contribution in [-0.4, -0.2) is 58.4 Å². The Labute approximate surface area is 227 Å². The van der Waals surface area contributed by atoms with Crippen molar-refractivity contribution in [2.45, 2.75) is 18.9 Å². The molecule has 0 saturated carbocycles. The first kappa shape index (κ1) is 26.3. The van der Waals surface area contributed by atoms with Gasteiger partial charge in [0.1, 0.15) is 35.8 Å². The van der Waals surface area contributed by atoms with Gasteiger partial charge in [0.2, 0.25) is 5.69 Å². The van der Waals surface area contributed by atoms with Crippen LogP contribution in [-0.2, 0) is 0 Å². The molecule has 200 valence electrons. The van der Waals surface area contributed by atoms with Gasteiger partial charge < -0.3 is 24.8 Å². The molecular weight excluding hydrogens is 523 g/mol. The van der Waals surface area contributed by atoms with E-state index in [2.05, 4.69) is 30.3 Å². The molecule has 12 heteroatoms. The Morgan fingerprint density at radius 3 is 2.74 bits per heavy atom. The van der Waals surface area contributed by atoms with Gasteiger partial charge in [0.05, 0.1) is 17.8 Å². The van der Waals surface area contributed by atoms with Crippen LogP contribution < -0.4 is 20.1 Å². The fourth-order valence-electron chi connectivity index (χ4n) is 4.25. The van der Waals surface area contributed by atoms with Gasteiger partial charge in [-0.05, 0) is 56.3 Å². The zero-order valence-electron chi connectivity index (χ0n) is 20.8. The van der Waals surface area contributed by atoms with Crippen LogP contribution in [0.2, 0.25) is 0 Å². The van der Waals surface area contributed by atoms with E-state index in [0.29, 0.717) is 34.1 Å². The number of hydrogen-bond donors (Lipinski definition) is 3. The Morgan fingerprint density at radius 1 is 1.15 bits per heavy atom. The average Bonchev–Trinajstić information content (AvgIpc) is 3.63. The van der Waals surface area contributed by atoms with E-state index in [-0.39, 0.29) is 23.7 Å². The van der Waals surface area contributed by atoms with Gasteiger partial charge in [0.15, 0.2) is 5.13 Å². The number of rotatable bonds is 9. The maximum Gasteiger partial charge on any atom is 0.325 e. The summed E-state index contributed by atoms with van der Waals surface area (Å²) in [6, 6.07) is 8.28. The standard InChI is InChI=1S/C27H25FN6O4S/c1-29-23-13-19-22(14-25(23)37-16-17(35)15-34-9-2-3-10-34)30-7-6-24(19)38-18-4-5-21(20(28)12-18)32-26(36)33-27-31-8-11-39-27/h4-8,11-14,17,35H,2-3,9-10,15-16H2,(H2,31,32,33,36)/t17-/m1/s1.